The fraction of sp³-hybridized carbons (Fsp3) is 0.600. The summed E-state index contributed by atoms with van der Waals surface area (Å²) in [5.41, 5.74) is -1.31. The molecule has 0 spiro atoms. The van der Waals surface area contributed by atoms with Crippen LogP contribution in [0.4, 0.5) is 0 Å². The summed E-state index contributed by atoms with van der Waals surface area (Å²) in [7, 11) is -2.39. The van der Waals surface area contributed by atoms with Crippen molar-refractivity contribution in [3.63, 3.8) is 0 Å². The van der Waals surface area contributed by atoms with E-state index in [9.17, 15) is 32.4 Å². The summed E-state index contributed by atoms with van der Waals surface area (Å²) in [6, 6.07) is 4.17. The third kappa shape index (κ3) is 8.87. The SMILES string of the molecule is COc1ccc(-c2nc(C(=O)N3C[C@H]4CN5C(=O)[C@@H](CC(=O)OC(C)(C)C)CCCCC/C=C\[C@@H]6C[C@@]6(C(=O)NS(=O)(=O)C6CC6)NC(=O)[C@@H]5[C@H]4C3)cs2)cc1Cl. The molecule has 3 aliphatic heterocycles. The van der Waals surface area contributed by atoms with Crippen molar-refractivity contribution in [2.75, 3.05) is 26.7 Å². The summed E-state index contributed by atoms with van der Waals surface area (Å²) in [6.07, 6.45) is 8.21. The number of sulfonamides is 1. The van der Waals surface area contributed by atoms with Crippen molar-refractivity contribution in [1.29, 1.82) is 0 Å². The van der Waals surface area contributed by atoms with E-state index in [0.717, 1.165) is 18.4 Å². The molecule has 0 unspecified atom stereocenters. The highest BCUT2D eigenvalue weighted by atomic mass is 35.5. The molecule has 0 bridgehead atoms. The van der Waals surface area contributed by atoms with E-state index in [4.69, 9.17) is 21.1 Å². The van der Waals surface area contributed by atoms with Crippen LogP contribution >= 0.6 is 22.9 Å². The Kier molecular flexibility index (Phi) is 11.5. The molecule has 4 fully saturated rings. The van der Waals surface area contributed by atoms with Crippen LogP contribution in [0.1, 0.15) is 89.0 Å². The molecule has 7 rings (SSSR count). The number of likely N-dealkylation sites (tertiary alicyclic amines) is 1. The van der Waals surface area contributed by atoms with Crippen LogP contribution in [-0.2, 0) is 33.9 Å². The first-order chi connectivity index (χ1) is 27.0. The Labute approximate surface area is 342 Å². The van der Waals surface area contributed by atoms with Gasteiger partial charge in [0.2, 0.25) is 21.8 Å². The van der Waals surface area contributed by atoms with Crippen molar-refractivity contribution in [1.82, 2.24) is 24.8 Å². The lowest BCUT2D eigenvalue weighted by molar-refractivity contribution is -0.159. The highest BCUT2D eigenvalue weighted by molar-refractivity contribution is 7.91. The Bertz CT molecular complexity index is 2080. The number of hydrogen-bond acceptors (Lipinski definition) is 11. The molecule has 4 heterocycles. The van der Waals surface area contributed by atoms with Gasteiger partial charge in [0.1, 0.15) is 33.6 Å². The van der Waals surface area contributed by atoms with E-state index in [2.05, 4.69) is 15.0 Å². The summed E-state index contributed by atoms with van der Waals surface area (Å²) in [6.45, 7) is 5.84. The minimum Gasteiger partial charge on any atom is -0.495 e. The Hall–Kier alpha value is -4.02. The molecule has 5 aliphatic rings. The molecular weight excluding hydrogens is 794 g/mol. The largest absolute Gasteiger partial charge is 0.495 e. The first-order valence-corrected chi connectivity index (χ1v) is 22.5. The molecular formula is C40H50ClN5O9S2. The van der Waals surface area contributed by atoms with E-state index in [1.54, 1.807) is 43.2 Å². The second kappa shape index (κ2) is 16.0. The van der Waals surface area contributed by atoms with Crippen molar-refractivity contribution < 1.29 is 41.9 Å². The topological polar surface area (TPSA) is 181 Å². The summed E-state index contributed by atoms with van der Waals surface area (Å²) in [4.78, 5) is 78.0. The van der Waals surface area contributed by atoms with Gasteiger partial charge in [-0.25, -0.2) is 13.4 Å². The fourth-order valence-electron chi connectivity index (χ4n) is 8.42. The fourth-order valence-corrected chi connectivity index (χ4v) is 10.8. The van der Waals surface area contributed by atoms with Crippen molar-refractivity contribution in [3.8, 4) is 16.3 Å². The quantitative estimate of drug-likeness (QED) is 0.279. The van der Waals surface area contributed by atoms with Gasteiger partial charge < -0.3 is 24.6 Å². The van der Waals surface area contributed by atoms with Gasteiger partial charge in [-0.05, 0) is 77.5 Å². The Morgan fingerprint density at radius 1 is 1.09 bits per heavy atom. The monoisotopic (exact) mass is 843 g/mol. The van der Waals surface area contributed by atoms with Crippen molar-refractivity contribution in [3.05, 3.63) is 46.4 Å². The average molecular weight is 844 g/mol. The predicted octanol–water partition coefficient (Wildman–Crippen LogP) is 4.72. The number of benzene rings is 1. The maximum atomic E-state index is 14.7. The second-order valence-corrected chi connectivity index (χ2v) is 20.2. The van der Waals surface area contributed by atoms with Crippen LogP contribution in [0.3, 0.4) is 0 Å². The Morgan fingerprint density at radius 3 is 2.56 bits per heavy atom. The average Bonchev–Trinajstić information content (AvgIpc) is 3.96. The van der Waals surface area contributed by atoms with E-state index in [1.165, 1.54) is 23.3 Å². The number of halogens is 1. The number of fused-ring (bicyclic) bond motifs is 4. The van der Waals surface area contributed by atoms with Gasteiger partial charge in [-0.3, -0.25) is 28.7 Å². The summed E-state index contributed by atoms with van der Waals surface area (Å²) < 4.78 is 38.9. The summed E-state index contributed by atoms with van der Waals surface area (Å²) >= 11 is 7.64. The highest BCUT2D eigenvalue weighted by Gasteiger charge is 2.63. The van der Waals surface area contributed by atoms with Crippen molar-refractivity contribution in [2.24, 2.45) is 23.7 Å². The van der Waals surface area contributed by atoms with Gasteiger partial charge in [0, 0.05) is 54.2 Å². The molecule has 2 aromatic rings. The number of nitrogens with one attached hydrogen (secondary N) is 2. The molecule has 0 radical (unpaired) electrons. The van der Waals surface area contributed by atoms with Crippen LogP contribution < -0.4 is 14.8 Å². The molecule has 6 atom stereocenters. The lowest BCUT2D eigenvalue weighted by Crippen LogP contribution is -2.58. The predicted molar refractivity (Wildman–Crippen MR) is 213 cm³/mol. The van der Waals surface area contributed by atoms with E-state index in [0.29, 0.717) is 47.9 Å². The molecule has 14 nitrogen and oxygen atoms in total. The molecule has 57 heavy (non-hydrogen) atoms. The molecule has 2 aliphatic carbocycles. The lowest BCUT2D eigenvalue weighted by atomic mass is 9.92. The van der Waals surface area contributed by atoms with E-state index < -0.39 is 68.0 Å². The molecule has 1 aromatic carbocycles. The van der Waals surface area contributed by atoms with Gasteiger partial charge in [-0.2, -0.15) is 0 Å². The number of amides is 4. The van der Waals surface area contributed by atoms with E-state index >= 15 is 0 Å². The van der Waals surface area contributed by atoms with Crippen molar-refractivity contribution >= 4 is 62.6 Å². The Morgan fingerprint density at radius 2 is 1.86 bits per heavy atom. The van der Waals surface area contributed by atoms with E-state index in [-0.39, 0.29) is 55.9 Å². The third-order valence-corrected chi connectivity index (χ3v) is 14.6. The maximum absolute atomic E-state index is 14.7. The minimum atomic E-state index is -3.91. The first-order valence-electron chi connectivity index (χ1n) is 19.7. The number of rotatable bonds is 8. The minimum absolute atomic E-state index is 0.141. The van der Waals surface area contributed by atoms with Crippen LogP contribution in [0, 0.1) is 23.7 Å². The van der Waals surface area contributed by atoms with Gasteiger partial charge in [-0.15, -0.1) is 11.3 Å². The number of thiazole rings is 1. The number of esters is 1. The van der Waals surface area contributed by atoms with Crippen molar-refractivity contribution in [2.45, 2.75) is 101 Å². The maximum Gasteiger partial charge on any atom is 0.307 e. The smallest absolute Gasteiger partial charge is 0.307 e. The van der Waals surface area contributed by atoms with Gasteiger partial charge in [0.25, 0.3) is 11.8 Å². The normalized spacial score (nSPS) is 28.5. The number of nitrogens with zero attached hydrogens (tertiary/aromatic N) is 3. The number of methoxy groups -OCH3 is 1. The number of aromatic nitrogens is 1. The van der Waals surface area contributed by atoms with Crippen LogP contribution in [0.5, 0.6) is 5.75 Å². The number of carbonyl (C=O) groups is 5. The molecule has 1 aromatic heterocycles. The zero-order chi connectivity index (χ0) is 40.9. The molecule has 2 N–H and O–H groups in total. The zero-order valence-corrected chi connectivity index (χ0v) is 35.0. The summed E-state index contributed by atoms with van der Waals surface area (Å²) in [5, 5.41) is 4.97. The summed E-state index contributed by atoms with van der Waals surface area (Å²) in [5.74, 6) is -4.04. The molecule has 2 saturated carbocycles. The third-order valence-electron chi connectivity index (χ3n) is 11.6. The number of ether oxygens (including phenoxy) is 2. The lowest BCUT2D eigenvalue weighted by Gasteiger charge is -2.32. The van der Waals surface area contributed by atoms with Gasteiger partial charge in [-0.1, -0.05) is 36.6 Å². The molecule has 308 valence electrons. The zero-order valence-electron chi connectivity index (χ0n) is 32.6. The highest BCUT2D eigenvalue weighted by Crippen LogP contribution is 2.47. The molecule has 2 saturated heterocycles. The second-order valence-electron chi connectivity index (χ2n) is 17.0. The van der Waals surface area contributed by atoms with Gasteiger partial charge in [0.15, 0.2) is 0 Å². The van der Waals surface area contributed by atoms with Gasteiger partial charge >= 0.3 is 5.97 Å². The van der Waals surface area contributed by atoms with Gasteiger partial charge in [0.05, 0.1) is 23.8 Å². The standard InChI is InChI=1S/C40H50ClN5O9S2/c1-39(2,3)55-32(47)17-24-10-8-6-5-7-9-11-26-18-40(26,38(51)44-57(52,53)27-13-14-27)43-34(48)33-28-21-45(19-25(28)20-46(33)36(24)49)37(50)30-22-56-35(42-30)23-12-15-31(54-4)29(41)16-23/h9,11-12,15-16,22,24-28,33H,5-8,10,13-14,17-21H2,1-4H3,(H,43,48)(H,44,51)/b11-9-/t24-,25+,26-,28+,33+,40-/m1/s1. The van der Waals surface area contributed by atoms with E-state index in [1.807, 2.05) is 18.2 Å². The Balaban J connectivity index is 1.16. The molecule has 4 amide bonds. The van der Waals surface area contributed by atoms with Crippen LogP contribution in [0.2, 0.25) is 5.02 Å². The molecule has 17 heteroatoms. The first kappa shape index (κ1) is 41.2. The number of allylic oxidation sites excluding steroid dienone is 1. The number of hydrogen-bond donors (Lipinski definition) is 2. The van der Waals surface area contributed by atoms with Crippen LogP contribution in [0.25, 0.3) is 10.6 Å². The van der Waals surface area contributed by atoms with Crippen LogP contribution in [0.15, 0.2) is 35.7 Å². The van der Waals surface area contributed by atoms with Crippen LogP contribution in [-0.4, -0.2) is 102 Å². The number of carbonyl (C=O) groups excluding carboxylic acids is 5.